The fraction of sp³-hybridized carbons (Fsp3) is 0.500. The summed E-state index contributed by atoms with van der Waals surface area (Å²) >= 11 is 0. The Kier molecular flexibility index (Phi) is 5.34. The third kappa shape index (κ3) is 3.65. The summed E-state index contributed by atoms with van der Waals surface area (Å²) in [5, 5.41) is 10.7. The van der Waals surface area contributed by atoms with Crippen LogP contribution in [0.1, 0.15) is 42.5 Å². The first-order valence-electron chi connectivity index (χ1n) is 11.3. The first kappa shape index (κ1) is 21.5. The number of non-ortho nitro benzene ring substituents is 1. The summed E-state index contributed by atoms with van der Waals surface area (Å²) in [6, 6.07) is 4.95. The number of allylic oxidation sites excluding steroid dienone is 2. The number of nitro groups is 1. The van der Waals surface area contributed by atoms with Gasteiger partial charge in [0.1, 0.15) is 0 Å². The Balaban J connectivity index is 1.12. The van der Waals surface area contributed by atoms with Crippen molar-refractivity contribution in [3.8, 4) is 0 Å². The maximum absolute atomic E-state index is 13.0. The van der Waals surface area contributed by atoms with Crippen molar-refractivity contribution >= 4 is 29.3 Å². The summed E-state index contributed by atoms with van der Waals surface area (Å²) in [5.41, 5.74) is 0.111. The van der Waals surface area contributed by atoms with Crippen molar-refractivity contribution in [3.63, 3.8) is 0 Å². The first-order valence-corrected chi connectivity index (χ1v) is 11.3. The van der Waals surface area contributed by atoms with E-state index in [1.165, 1.54) is 29.2 Å². The van der Waals surface area contributed by atoms with Crippen molar-refractivity contribution in [2.45, 2.75) is 38.1 Å². The van der Waals surface area contributed by atoms with Gasteiger partial charge in [0.25, 0.3) is 5.69 Å². The number of esters is 1. The van der Waals surface area contributed by atoms with Crippen molar-refractivity contribution < 1.29 is 28.8 Å². The number of nitro benzene ring substituents is 1. The average molecular weight is 452 g/mol. The number of amides is 2. The van der Waals surface area contributed by atoms with E-state index in [0.29, 0.717) is 25.7 Å². The zero-order chi connectivity index (χ0) is 23.3. The lowest BCUT2D eigenvalue weighted by Crippen LogP contribution is -2.44. The number of carbonyl (C=O) groups is 4. The van der Waals surface area contributed by atoms with Gasteiger partial charge in [-0.25, -0.2) is 0 Å². The summed E-state index contributed by atoms with van der Waals surface area (Å²) in [7, 11) is 0. The number of imide groups is 1. The molecule has 5 rings (SSSR count). The monoisotopic (exact) mass is 452 g/mol. The molecule has 33 heavy (non-hydrogen) atoms. The standard InChI is InChI=1S/C24H24N2O7/c27-19(13-3-9-18(10-4-13)26(31)32)12-33-24(30)14-5-7-17(8-6-14)25-22(28)20-15-1-2-16(11-15)21(20)23(25)29/h1-4,9-10,14-17,20-21H,5-8,11-12H2/t14?,15-,16-,17?,20-,21-/m0/s1. The summed E-state index contributed by atoms with van der Waals surface area (Å²) < 4.78 is 5.20. The highest BCUT2D eigenvalue weighted by Gasteiger charge is 2.60. The predicted molar refractivity (Wildman–Crippen MR) is 114 cm³/mol. The third-order valence-corrected chi connectivity index (χ3v) is 7.65. The molecule has 172 valence electrons. The van der Waals surface area contributed by atoms with Gasteiger partial charge >= 0.3 is 5.97 Å². The molecule has 0 N–H and O–H groups in total. The summed E-state index contributed by atoms with van der Waals surface area (Å²) in [6.07, 6.45) is 7.14. The lowest BCUT2D eigenvalue weighted by atomic mass is 9.85. The smallest absolute Gasteiger partial charge is 0.309 e. The molecule has 3 fully saturated rings. The van der Waals surface area contributed by atoms with Crippen LogP contribution in [0.4, 0.5) is 5.69 Å². The molecule has 4 aliphatic rings. The molecule has 1 saturated heterocycles. The number of ether oxygens (including phenoxy) is 1. The molecule has 0 spiro atoms. The Bertz CT molecular complexity index is 1030. The van der Waals surface area contributed by atoms with Gasteiger partial charge in [-0.05, 0) is 56.1 Å². The van der Waals surface area contributed by atoms with E-state index < -0.39 is 23.3 Å². The lowest BCUT2D eigenvalue weighted by Gasteiger charge is -2.33. The van der Waals surface area contributed by atoms with E-state index in [1.54, 1.807) is 0 Å². The van der Waals surface area contributed by atoms with Gasteiger partial charge in [-0.2, -0.15) is 0 Å². The summed E-state index contributed by atoms with van der Waals surface area (Å²) in [5.74, 6) is -1.44. The molecule has 1 aromatic rings. The van der Waals surface area contributed by atoms with E-state index in [0.717, 1.165) is 6.42 Å². The Labute approximate surface area is 189 Å². The minimum Gasteiger partial charge on any atom is -0.457 e. The molecule has 1 heterocycles. The van der Waals surface area contributed by atoms with Crippen LogP contribution in [-0.4, -0.2) is 46.0 Å². The molecule has 2 bridgehead atoms. The van der Waals surface area contributed by atoms with Crippen LogP contribution in [0.15, 0.2) is 36.4 Å². The molecule has 0 radical (unpaired) electrons. The molecule has 9 heteroatoms. The van der Waals surface area contributed by atoms with Crippen LogP contribution >= 0.6 is 0 Å². The zero-order valence-corrected chi connectivity index (χ0v) is 17.9. The van der Waals surface area contributed by atoms with E-state index in [1.807, 2.05) is 0 Å². The number of benzene rings is 1. The van der Waals surface area contributed by atoms with Crippen molar-refractivity contribution in [3.05, 3.63) is 52.1 Å². The van der Waals surface area contributed by atoms with Crippen molar-refractivity contribution in [1.29, 1.82) is 0 Å². The number of fused-ring (bicyclic) bond motifs is 5. The van der Waals surface area contributed by atoms with Crippen molar-refractivity contribution in [2.75, 3.05) is 6.61 Å². The number of hydrogen-bond acceptors (Lipinski definition) is 7. The molecule has 3 aliphatic carbocycles. The Morgan fingerprint density at radius 1 is 0.970 bits per heavy atom. The van der Waals surface area contributed by atoms with Gasteiger partial charge in [-0.15, -0.1) is 0 Å². The van der Waals surface area contributed by atoms with Gasteiger partial charge in [0.15, 0.2) is 12.4 Å². The zero-order valence-electron chi connectivity index (χ0n) is 17.9. The van der Waals surface area contributed by atoms with Crippen LogP contribution in [0.5, 0.6) is 0 Å². The van der Waals surface area contributed by atoms with Gasteiger partial charge < -0.3 is 4.74 Å². The molecular weight excluding hydrogens is 428 g/mol. The largest absolute Gasteiger partial charge is 0.457 e. The number of rotatable bonds is 6. The van der Waals surface area contributed by atoms with Crippen LogP contribution in [0.25, 0.3) is 0 Å². The number of ketones is 1. The number of hydrogen-bond donors (Lipinski definition) is 0. The van der Waals surface area contributed by atoms with Crippen molar-refractivity contribution in [2.24, 2.45) is 29.6 Å². The minimum atomic E-state index is -0.554. The predicted octanol–water partition coefficient (Wildman–Crippen LogP) is 2.69. The maximum atomic E-state index is 13.0. The van der Waals surface area contributed by atoms with Crippen molar-refractivity contribution in [1.82, 2.24) is 4.90 Å². The number of Topliss-reactive ketones (excluding diaryl/α,β-unsaturated/α-hetero) is 1. The van der Waals surface area contributed by atoms with E-state index in [2.05, 4.69) is 12.2 Å². The molecule has 9 nitrogen and oxygen atoms in total. The fourth-order valence-corrected chi connectivity index (χ4v) is 5.96. The molecule has 1 aromatic carbocycles. The molecule has 1 aliphatic heterocycles. The number of nitrogens with zero attached hydrogens (tertiary/aromatic N) is 2. The highest BCUT2D eigenvalue weighted by molar-refractivity contribution is 6.06. The van der Waals surface area contributed by atoms with E-state index >= 15 is 0 Å². The number of likely N-dealkylation sites (tertiary alicyclic amines) is 1. The van der Waals surface area contributed by atoms with Gasteiger partial charge in [-0.1, -0.05) is 12.2 Å². The van der Waals surface area contributed by atoms with Crippen LogP contribution in [0, 0.1) is 39.7 Å². The SMILES string of the molecule is O=C(COC(=O)C1CCC(N2C(=O)[C@@H]3[C@@H](C2=O)[C@H]2C=C[C@H]3C2)CC1)c1ccc([N+](=O)[O-])cc1. The maximum Gasteiger partial charge on any atom is 0.309 e. The van der Waals surface area contributed by atoms with Gasteiger partial charge in [0, 0.05) is 23.7 Å². The van der Waals surface area contributed by atoms with Crippen LogP contribution in [-0.2, 0) is 19.1 Å². The van der Waals surface area contributed by atoms with Crippen LogP contribution in [0.2, 0.25) is 0 Å². The van der Waals surface area contributed by atoms with E-state index in [4.69, 9.17) is 4.74 Å². The topological polar surface area (TPSA) is 124 Å². The molecule has 2 saturated carbocycles. The molecule has 4 atom stereocenters. The first-order chi connectivity index (χ1) is 15.8. The quantitative estimate of drug-likeness (QED) is 0.162. The normalized spacial score (nSPS) is 32.2. The second-order valence-corrected chi connectivity index (χ2v) is 9.39. The lowest BCUT2D eigenvalue weighted by molar-refractivity contribution is -0.384. The van der Waals surface area contributed by atoms with Crippen LogP contribution in [0.3, 0.4) is 0 Å². The number of carbonyl (C=O) groups excluding carboxylic acids is 4. The molecule has 2 amide bonds. The Hall–Kier alpha value is -3.36. The van der Waals surface area contributed by atoms with E-state index in [9.17, 15) is 29.3 Å². The van der Waals surface area contributed by atoms with Gasteiger partial charge in [-0.3, -0.25) is 34.2 Å². The molecule has 0 unspecified atom stereocenters. The second kappa shape index (κ2) is 8.20. The van der Waals surface area contributed by atoms with Crippen LogP contribution < -0.4 is 0 Å². The second-order valence-electron chi connectivity index (χ2n) is 9.39. The summed E-state index contributed by atoms with van der Waals surface area (Å²) in [6.45, 7) is -0.432. The van der Waals surface area contributed by atoms with E-state index in [-0.39, 0.29) is 58.7 Å². The van der Waals surface area contributed by atoms with Gasteiger partial charge in [0.05, 0.1) is 22.7 Å². The fourth-order valence-electron chi connectivity index (χ4n) is 5.96. The molecule has 0 aromatic heterocycles. The average Bonchev–Trinajstić information content (AvgIpc) is 3.51. The Morgan fingerprint density at radius 3 is 2.09 bits per heavy atom. The highest BCUT2D eigenvalue weighted by atomic mass is 16.6. The van der Waals surface area contributed by atoms with Gasteiger partial charge in [0.2, 0.25) is 11.8 Å². The third-order valence-electron chi connectivity index (χ3n) is 7.65. The Morgan fingerprint density at radius 2 is 1.55 bits per heavy atom. The minimum absolute atomic E-state index is 0.0541. The molecular formula is C24H24N2O7. The highest BCUT2D eigenvalue weighted by Crippen LogP contribution is 2.53. The summed E-state index contributed by atoms with van der Waals surface area (Å²) in [4.78, 5) is 62.3.